The molecule has 1 aliphatic heterocycles. The van der Waals surface area contributed by atoms with Crippen LogP contribution in [0.1, 0.15) is 5.56 Å². The normalized spacial score (nSPS) is 15.1. The first-order valence-electron chi connectivity index (χ1n) is 8.19. The molecule has 1 heterocycles. The Balaban J connectivity index is 2.01. The standard InChI is InChI=1S/C16H20F3N3O5/c1-26-8-9-27-11-15(23)21-6-4-20(5-7-21)13-3-2-12(16(17,18)19)10-14(13)22(24)25/h2-3,10H,4-9,11H2,1H3. The second kappa shape index (κ2) is 9.00. The van der Waals surface area contributed by atoms with Crippen molar-refractivity contribution < 1.29 is 32.4 Å². The van der Waals surface area contributed by atoms with E-state index in [0.29, 0.717) is 32.4 Å². The number of nitro benzene ring substituents is 1. The van der Waals surface area contributed by atoms with Crippen LogP contribution in [0.4, 0.5) is 24.5 Å². The van der Waals surface area contributed by atoms with E-state index in [1.807, 2.05) is 0 Å². The minimum atomic E-state index is -4.66. The van der Waals surface area contributed by atoms with Crippen molar-refractivity contribution in [2.45, 2.75) is 6.18 Å². The van der Waals surface area contributed by atoms with Crippen molar-refractivity contribution in [1.29, 1.82) is 0 Å². The van der Waals surface area contributed by atoms with Crippen molar-refractivity contribution in [2.24, 2.45) is 0 Å². The molecule has 1 aromatic carbocycles. The third-order valence-electron chi connectivity index (χ3n) is 4.13. The van der Waals surface area contributed by atoms with Gasteiger partial charge in [0.25, 0.3) is 5.69 Å². The molecule has 1 fully saturated rings. The van der Waals surface area contributed by atoms with Crippen LogP contribution in [0.3, 0.4) is 0 Å². The highest BCUT2D eigenvalue weighted by Gasteiger charge is 2.34. The highest BCUT2D eigenvalue weighted by Crippen LogP contribution is 2.36. The Morgan fingerprint density at radius 2 is 1.89 bits per heavy atom. The van der Waals surface area contributed by atoms with Gasteiger partial charge in [-0.15, -0.1) is 0 Å². The molecule has 0 bridgehead atoms. The molecule has 0 atom stereocenters. The molecule has 0 N–H and O–H groups in total. The summed E-state index contributed by atoms with van der Waals surface area (Å²) in [5, 5.41) is 11.2. The maximum atomic E-state index is 12.8. The minimum absolute atomic E-state index is 0.0935. The lowest BCUT2D eigenvalue weighted by Crippen LogP contribution is -2.50. The molecule has 1 aliphatic rings. The first-order chi connectivity index (χ1) is 12.7. The van der Waals surface area contributed by atoms with E-state index in [4.69, 9.17) is 9.47 Å². The third-order valence-corrected chi connectivity index (χ3v) is 4.13. The lowest BCUT2D eigenvalue weighted by molar-refractivity contribution is -0.384. The number of carbonyl (C=O) groups is 1. The van der Waals surface area contributed by atoms with E-state index in [1.54, 1.807) is 9.80 Å². The molecular formula is C16H20F3N3O5. The summed E-state index contributed by atoms with van der Waals surface area (Å²) in [5.74, 6) is -0.215. The molecule has 0 aliphatic carbocycles. The predicted octanol–water partition coefficient (Wildman–Crippen LogP) is 1.93. The van der Waals surface area contributed by atoms with E-state index in [0.717, 1.165) is 12.1 Å². The van der Waals surface area contributed by atoms with Gasteiger partial charge in [-0.05, 0) is 12.1 Å². The van der Waals surface area contributed by atoms with Gasteiger partial charge in [0.2, 0.25) is 5.91 Å². The van der Waals surface area contributed by atoms with Gasteiger partial charge in [-0.2, -0.15) is 13.2 Å². The molecule has 0 saturated carbocycles. The highest BCUT2D eigenvalue weighted by atomic mass is 19.4. The number of hydrogen-bond donors (Lipinski definition) is 0. The van der Waals surface area contributed by atoms with Crippen LogP contribution in [0, 0.1) is 10.1 Å². The smallest absolute Gasteiger partial charge is 0.382 e. The number of anilines is 1. The summed E-state index contributed by atoms with van der Waals surface area (Å²) in [6.07, 6.45) is -4.66. The lowest BCUT2D eigenvalue weighted by atomic mass is 10.1. The topological polar surface area (TPSA) is 85.2 Å². The summed E-state index contributed by atoms with van der Waals surface area (Å²) < 4.78 is 48.4. The molecule has 1 amide bonds. The lowest BCUT2D eigenvalue weighted by Gasteiger charge is -2.35. The molecule has 1 aromatic rings. The van der Waals surface area contributed by atoms with Crippen LogP contribution < -0.4 is 4.90 Å². The third kappa shape index (κ3) is 5.54. The number of nitro groups is 1. The van der Waals surface area contributed by atoms with Crippen LogP contribution in [0.2, 0.25) is 0 Å². The second-order valence-corrected chi connectivity index (χ2v) is 5.87. The molecule has 0 radical (unpaired) electrons. The fraction of sp³-hybridized carbons (Fsp3) is 0.562. The number of rotatable bonds is 7. The number of piperazine rings is 1. The maximum absolute atomic E-state index is 12.8. The van der Waals surface area contributed by atoms with Crippen molar-refractivity contribution in [1.82, 2.24) is 4.90 Å². The Morgan fingerprint density at radius 1 is 1.22 bits per heavy atom. The highest BCUT2D eigenvalue weighted by molar-refractivity contribution is 5.78. The summed E-state index contributed by atoms with van der Waals surface area (Å²) >= 11 is 0. The minimum Gasteiger partial charge on any atom is -0.382 e. The van der Waals surface area contributed by atoms with Crippen LogP contribution in [-0.4, -0.2) is 68.8 Å². The maximum Gasteiger partial charge on any atom is 0.416 e. The number of amides is 1. The van der Waals surface area contributed by atoms with Crippen molar-refractivity contribution in [3.63, 3.8) is 0 Å². The predicted molar refractivity (Wildman–Crippen MR) is 89.6 cm³/mol. The number of benzene rings is 1. The van der Waals surface area contributed by atoms with Gasteiger partial charge in [0.15, 0.2) is 0 Å². The largest absolute Gasteiger partial charge is 0.416 e. The molecule has 1 saturated heterocycles. The quantitative estimate of drug-likeness (QED) is 0.401. The van der Waals surface area contributed by atoms with E-state index in [2.05, 4.69) is 0 Å². The zero-order valence-electron chi connectivity index (χ0n) is 14.7. The van der Waals surface area contributed by atoms with E-state index in [9.17, 15) is 28.1 Å². The van der Waals surface area contributed by atoms with Gasteiger partial charge in [0.1, 0.15) is 12.3 Å². The number of methoxy groups -OCH3 is 1. The Labute approximate surface area is 153 Å². The van der Waals surface area contributed by atoms with Gasteiger partial charge in [0.05, 0.1) is 23.7 Å². The fourth-order valence-corrected chi connectivity index (χ4v) is 2.70. The molecular weight excluding hydrogens is 371 g/mol. The first-order valence-corrected chi connectivity index (χ1v) is 8.19. The number of alkyl halides is 3. The summed E-state index contributed by atoms with van der Waals surface area (Å²) in [6, 6.07) is 2.46. The van der Waals surface area contributed by atoms with Crippen molar-refractivity contribution in [3.05, 3.63) is 33.9 Å². The average Bonchev–Trinajstić information content (AvgIpc) is 2.64. The summed E-state index contributed by atoms with van der Waals surface area (Å²) in [5.41, 5.74) is -1.57. The van der Waals surface area contributed by atoms with Gasteiger partial charge in [0, 0.05) is 39.4 Å². The number of nitrogens with zero attached hydrogens (tertiary/aromatic N) is 3. The van der Waals surface area contributed by atoms with Gasteiger partial charge in [-0.1, -0.05) is 0 Å². The van der Waals surface area contributed by atoms with Crippen LogP contribution in [0.25, 0.3) is 0 Å². The van der Waals surface area contributed by atoms with Crippen LogP contribution in [0.15, 0.2) is 18.2 Å². The van der Waals surface area contributed by atoms with Crippen molar-refractivity contribution in [3.8, 4) is 0 Å². The zero-order chi connectivity index (χ0) is 20.0. The molecule has 0 spiro atoms. The van der Waals surface area contributed by atoms with Crippen LogP contribution >= 0.6 is 0 Å². The molecule has 150 valence electrons. The molecule has 8 nitrogen and oxygen atoms in total. The molecule has 0 unspecified atom stereocenters. The van der Waals surface area contributed by atoms with Gasteiger partial charge in [-0.25, -0.2) is 0 Å². The second-order valence-electron chi connectivity index (χ2n) is 5.87. The average molecular weight is 391 g/mol. The SMILES string of the molecule is COCCOCC(=O)N1CCN(c2ccc(C(F)(F)F)cc2[N+](=O)[O-])CC1. The summed E-state index contributed by atoms with van der Waals surface area (Å²) in [7, 11) is 1.52. The summed E-state index contributed by atoms with van der Waals surface area (Å²) in [6.45, 7) is 1.71. The first kappa shape index (κ1) is 20.9. The Bertz CT molecular complexity index is 676. The number of ether oxygens (including phenoxy) is 2. The van der Waals surface area contributed by atoms with E-state index in [1.165, 1.54) is 7.11 Å². The molecule has 2 rings (SSSR count). The molecule has 11 heteroatoms. The monoisotopic (exact) mass is 391 g/mol. The van der Waals surface area contributed by atoms with Crippen molar-refractivity contribution in [2.75, 3.05) is 58.0 Å². The Kier molecular flexibility index (Phi) is 6.97. The zero-order valence-corrected chi connectivity index (χ0v) is 14.7. The number of halogens is 3. The van der Waals surface area contributed by atoms with Gasteiger partial charge < -0.3 is 19.3 Å². The summed E-state index contributed by atoms with van der Waals surface area (Å²) in [4.78, 5) is 25.6. The number of carbonyl (C=O) groups excluding carboxylic acids is 1. The fourth-order valence-electron chi connectivity index (χ4n) is 2.70. The van der Waals surface area contributed by atoms with Crippen LogP contribution in [0.5, 0.6) is 0 Å². The molecule has 27 heavy (non-hydrogen) atoms. The Hall–Kier alpha value is -2.40. The van der Waals surface area contributed by atoms with Crippen molar-refractivity contribution >= 4 is 17.3 Å². The van der Waals surface area contributed by atoms with Crippen LogP contribution in [-0.2, 0) is 20.4 Å². The molecule has 0 aromatic heterocycles. The Morgan fingerprint density at radius 3 is 2.44 bits per heavy atom. The van der Waals surface area contributed by atoms with E-state index < -0.39 is 22.4 Å². The van der Waals surface area contributed by atoms with Gasteiger partial charge >= 0.3 is 6.18 Å². The number of hydrogen-bond acceptors (Lipinski definition) is 6. The van der Waals surface area contributed by atoms with E-state index >= 15 is 0 Å². The van der Waals surface area contributed by atoms with Gasteiger partial charge in [-0.3, -0.25) is 14.9 Å². The van der Waals surface area contributed by atoms with E-state index in [-0.39, 0.29) is 31.3 Å².